The summed E-state index contributed by atoms with van der Waals surface area (Å²) in [6.07, 6.45) is 0. The smallest absolute Gasteiger partial charge is 0.333 e. The molecule has 0 aliphatic heterocycles. The fraction of sp³-hybridized carbons (Fsp3) is 0.429. The Balaban J connectivity index is 3.43. The van der Waals surface area contributed by atoms with Gasteiger partial charge in [0.2, 0.25) is 0 Å². The number of nitrogens with zero attached hydrogens (tertiary/aromatic N) is 1. The Kier molecular flexibility index (Phi) is 3.97. The predicted molar refractivity (Wildman–Crippen MR) is 38.9 cm³/mol. The third-order valence-electron chi connectivity index (χ3n) is 0.802. The molecular formula is C7H10NO2+. The van der Waals surface area contributed by atoms with Crippen LogP contribution in [0, 0.1) is 6.57 Å². The molecule has 0 N–H and O–H groups in total. The highest BCUT2D eigenvalue weighted by atomic mass is 16.5. The molecule has 3 heteroatoms. The molecule has 3 nitrogen and oxygen atoms in total. The van der Waals surface area contributed by atoms with E-state index in [4.69, 9.17) is 6.57 Å². The van der Waals surface area contributed by atoms with Gasteiger partial charge in [-0.3, -0.25) is 0 Å². The van der Waals surface area contributed by atoms with E-state index in [9.17, 15) is 4.79 Å². The third-order valence-corrected chi connectivity index (χ3v) is 0.802. The van der Waals surface area contributed by atoms with Crippen molar-refractivity contribution in [2.24, 2.45) is 0 Å². The molecule has 0 radical (unpaired) electrons. The average molecular weight is 140 g/mol. The number of ether oxygens (including phenoxy) is 1. The summed E-state index contributed by atoms with van der Waals surface area (Å²) in [7, 11) is 0. The van der Waals surface area contributed by atoms with E-state index in [1.165, 1.54) is 0 Å². The molecule has 0 saturated carbocycles. The van der Waals surface area contributed by atoms with Crippen LogP contribution in [0.15, 0.2) is 12.2 Å². The number of hydrogen-bond acceptors (Lipinski definition) is 2. The average Bonchev–Trinajstić information content (AvgIpc) is 1.88. The number of esters is 1. The van der Waals surface area contributed by atoms with Crippen LogP contribution in [0.4, 0.5) is 0 Å². The molecular weight excluding hydrogens is 130 g/mol. The van der Waals surface area contributed by atoms with E-state index in [2.05, 4.69) is 16.2 Å². The minimum absolute atomic E-state index is 0.224. The van der Waals surface area contributed by atoms with Crippen LogP contribution in [0.25, 0.3) is 4.85 Å². The van der Waals surface area contributed by atoms with E-state index in [0.29, 0.717) is 12.1 Å². The van der Waals surface area contributed by atoms with Crippen molar-refractivity contribution in [3.63, 3.8) is 0 Å². The first-order chi connectivity index (χ1) is 4.68. The minimum Gasteiger partial charge on any atom is -0.454 e. The zero-order valence-electron chi connectivity index (χ0n) is 5.96. The Labute approximate surface area is 60.1 Å². The number of carbonyl (C=O) groups is 1. The van der Waals surface area contributed by atoms with Gasteiger partial charge in [-0.15, -0.1) is 0 Å². The van der Waals surface area contributed by atoms with Gasteiger partial charge in [0.15, 0.2) is 6.61 Å². The standard InChI is InChI=1S/C7H10NO2/c1-6(2)7(9)10-5-4-8-3/h3H,1,4-5H2,2H3/q+1. The molecule has 0 fully saturated rings. The van der Waals surface area contributed by atoms with Gasteiger partial charge in [-0.25, -0.2) is 4.79 Å². The molecule has 0 saturated heterocycles. The summed E-state index contributed by atoms with van der Waals surface area (Å²) in [5.74, 6) is -0.399. The molecule has 0 aromatic carbocycles. The van der Waals surface area contributed by atoms with Gasteiger partial charge in [-0.1, -0.05) is 11.4 Å². The summed E-state index contributed by atoms with van der Waals surface area (Å²) in [5.41, 5.74) is 0.386. The third kappa shape index (κ3) is 3.67. The minimum atomic E-state index is -0.399. The second-order valence-electron chi connectivity index (χ2n) is 1.82. The molecule has 0 rings (SSSR count). The summed E-state index contributed by atoms with van der Waals surface area (Å²) >= 11 is 0. The monoisotopic (exact) mass is 140 g/mol. The van der Waals surface area contributed by atoms with Gasteiger partial charge in [-0.2, -0.15) is 0 Å². The lowest BCUT2D eigenvalue weighted by atomic mass is 10.4. The van der Waals surface area contributed by atoms with Crippen molar-refractivity contribution in [2.45, 2.75) is 6.92 Å². The van der Waals surface area contributed by atoms with Crippen LogP contribution in [0.5, 0.6) is 0 Å². The molecule has 0 spiro atoms. The summed E-state index contributed by atoms with van der Waals surface area (Å²) in [4.78, 5) is 13.9. The summed E-state index contributed by atoms with van der Waals surface area (Å²) in [6, 6.07) is 0. The van der Waals surface area contributed by atoms with Gasteiger partial charge in [-0.05, 0) is 6.92 Å². The van der Waals surface area contributed by atoms with E-state index in [1.54, 1.807) is 6.92 Å². The number of rotatable bonds is 3. The summed E-state index contributed by atoms with van der Waals surface area (Å²) in [6.45, 7) is 10.3. The van der Waals surface area contributed by atoms with Crippen LogP contribution >= 0.6 is 0 Å². The summed E-state index contributed by atoms with van der Waals surface area (Å²) < 4.78 is 4.63. The van der Waals surface area contributed by atoms with Gasteiger partial charge in [0.1, 0.15) is 0 Å². The molecule has 0 heterocycles. The van der Waals surface area contributed by atoms with E-state index in [0.717, 1.165) is 0 Å². The topological polar surface area (TPSA) is 30.7 Å². The van der Waals surface area contributed by atoms with Crippen LogP contribution in [0.2, 0.25) is 0 Å². The maximum atomic E-state index is 10.6. The molecule has 0 unspecified atom stereocenters. The van der Waals surface area contributed by atoms with Crippen LogP contribution in [-0.2, 0) is 9.53 Å². The SMILES string of the molecule is C#[N+]CCOC(=O)C(=C)C. The molecule has 54 valence electrons. The fourth-order valence-corrected chi connectivity index (χ4v) is 0.314. The second kappa shape index (κ2) is 4.57. The number of hydrogen-bond donors (Lipinski definition) is 0. The highest BCUT2D eigenvalue weighted by Crippen LogP contribution is 1.90. The first-order valence-corrected chi connectivity index (χ1v) is 2.87. The Bertz CT molecular complexity index is 179. The highest BCUT2D eigenvalue weighted by molar-refractivity contribution is 5.86. The molecule has 0 aliphatic carbocycles. The fourth-order valence-electron chi connectivity index (χ4n) is 0.314. The van der Waals surface area contributed by atoms with Gasteiger partial charge in [0.05, 0.1) is 0 Å². The van der Waals surface area contributed by atoms with Crippen molar-refractivity contribution in [1.82, 2.24) is 0 Å². The molecule has 0 atom stereocenters. The molecule has 0 aromatic heterocycles. The Morgan fingerprint density at radius 1 is 1.80 bits per heavy atom. The zero-order valence-corrected chi connectivity index (χ0v) is 5.96. The normalized spacial score (nSPS) is 8.00. The molecule has 10 heavy (non-hydrogen) atoms. The maximum absolute atomic E-state index is 10.6. The maximum Gasteiger partial charge on any atom is 0.333 e. The largest absolute Gasteiger partial charge is 0.454 e. The van der Waals surface area contributed by atoms with E-state index < -0.39 is 5.97 Å². The lowest BCUT2D eigenvalue weighted by Crippen LogP contribution is -2.07. The van der Waals surface area contributed by atoms with Crippen molar-refractivity contribution in [2.75, 3.05) is 13.2 Å². The van der Waals surface area contributed by atoms with Gasteiger partial charge < -0.3 is 4.74 Å². The van der Waals surface area contributed by atoms with Crippen LogP contribution in [-0.4, -0.2) is 19.1 Å². The Hall–Kier alpha value is -1.30. The van der Waals surface area contributed by atoms with Crippen molar-refractivity contribution in [3.05, 3.63) is 17.0 Å². The lowest BCUT2D eigenvalue weighted by Gasteiger charge is -1.96. The van der Waals surface area contributed by atoms with E-state index in [1.807, 2.05) is 0 Å². The quantitative estimate of drug-likeness (QED) is 0.333. The van der Waals surface area contributed by atoms with Crippen LogP contribution in [0.3, 0.4) is 0 Å². The Morgan fingerprint density at radius 2 is 2.40 bits per heavy atom. The molecule has 0 aromatic rings. The first-order valence-electron chi connectivity index (χ1n) is 2.87. The zero-order chi connectivity index (χ0) is 7.98. The Morgan fingerprint density at radius 3 is 2.80 bits per heavy atom. The van der Waals surface area contributed by atoms with Crippen molar-refractivity contribution >= 4 is 5.97 Å². The molecule has 0 amide bonds. The second-order valence-corrected chi connectivity index (χ2v) is 1.82. The van der Waals surface area contributed by atoms with Crippen LogP contribution in [0.1, 0.15) is 6.92 Å². The molecule has 0 aliphatic rings. The van der Waals surface area contributed by atoms with Gasteiger partial charge in [0.25, 0.3) is 13.1 Å². The van der Waals surface area contributed by atoms with Crippen LogP contribution < -0.4 is 0 Å². The van der Waals surface area contributed by atoms with Crippen molar-refractivity contribution in [3.8, 4) is 6.57 Å². The summed E-state index contributed by atoms with van der Waals surface area (Å²) in [5, 5.41) is 0. The molecule has 0 bridgehead atoms. The first kappa shape index (κ1) is 8.70. The predicted octanol–water partition coefficient (Wildman–Crippen LogP) is 1.07. The van der Waals surface area contributed by atoms with Crippen molar-refractivity contribution in [1.29, 1.82) is 0 Å². The lowest BCUT2D eigenvalue weighted by molar-refractivity contribution is -0.138. The highest BCUT2D eigenvalue weighted by Gasteiger charge is 2.02. The van der Waals surface area contributed by atoms with Gasteiger partial charge in [0, 0.05) is 5.57 Å². The number of carbonyl (C=O) groups excluding carboxylic acids is 1. The van der Waals surface area contributed by atoms with E-state index in [-0.39, 0.29) is 6.61 Å². The van der Waals surface area contributed by atoms with Crippen molar-refractivity contribution < 1.29 is 9.53 Å². The van der Waals surface area contributed by atoms with E-state index >= 15 is 0 Å². The van der Waals surface area contributed by atoms with Gasteiger partial charge >= 0.3 is 5.97 Å².